The Bertz CT molecular complexity index is 1240. The Hall–Kier alpha value is -3.40. The van der Waals surface area contributed by atoms with E-state index in [1.165, 1.54) is 11.1 Å². The number of ether oxygens (including phenoxy) is 1. The van der Waals surface area contributed by atoms with Gasteiger partial charge in [-0.15, -0.1) is 0 Å². The summed E-state index contributed by atoms with van der Waals surface area (Å²) in [6.07, 6.45) is 1.44. The lowest BCUT2D eigenvalue weighted by atomic mass is 9.68. The third-order valence-corrected chi connectivity index (χ3v) is 8.08. The van der Waals surface area contributed by atoms with Crippen molar-refractivity contribution in [3.63, 3.8) is 0 Å². The maximum Gasteiger partial charge on any atom is 0.419 e. The van der Waals surface area contributed by atoms with Crippen molar-refractivity contribution in [1.29, 1.82) is 0 Å². The average Bonchev–Trinajstić information content (AvgIpc) is 2.92. The largest absolute Gasteiger partial charge is 0.497 e. The van der Waals surface area contributed by atoms with Crippen LogP contribution in [-0.2, 0) is 15.6 Å². The smallest absolute Gasteiger partial charge is 0.419 e. The predicted octanol–water partition coefficient (Wildman–Crippen LogP) is 4.36. The quantitative estimate of drug-likeness (QED) is 0.314. The van der Waals surface area contributed by atoms with Crippen LogP contribution in [0.25, 0.3) is 0 Å². The van der Waals surface area contributed by atoms with Gasteiger partial charge >= 0.3 is 16.3 Å². The predicted molar refractivity (Wildman–Crippen MR) is 143 cm³/mol. The van der Waals surface area contributed by atoms with E-state index in [4.69, 9.17) is 9.84 Å². The second-order valence-electron chi connectivity index (χ2n) is 9.44. The zero-order valence-corrected chi connectivity index (χ0v) is 21.6. The molecule has 37 heavy (non-hydrogen) atoms. The Balaban J connectivity index is 1.55. The van der Waals surface area contributed by atoms with Gasteiger partial charge in [-0.1, -0.05) is 72.8 Å². The number of carboxylic acid groups (broad SMARTS) is 1. The second-order valence-corrected chi connectivity index (χ2v) is 10.9. The minimum absolute atomic E-state index is 0.0370. The van der Waals surface area contributed by atoms with E-state index in [0.717, 1.165) is 18.4 Å². The number of hydrogen-bond donors (Lipinski definition) is 4. The van der Waals surface area contributed by atoms with Gasteiger partial charge in [0.25, 0.3) is 0 Å². The summed E-state index contributed by atoms with van der Waals surface area (Å²) in [4.78, 5) is 10.9. The molecule has 8 nitrogen and oxygen atoms in total. The van der Waals surface area contributed by atoms with E-state index in [1.807, 2.05) is 60.7 Å². The molecular formula is C28H33N3O5S. The Morgan fingerprint density at radius 2 is 1.57 bits per heavy atom. The van der Waals surface area contributed by atoms with Crippen LogP contribution in [0.4, 0.5) is 4.79 Å². The van der Waals surface area contributed by atoms with E-state index in [9.17, 15) is 13.2 Å². The highest BCUT2D eigenvalue weighted by atomic mass is 32.2. The van der Waals surface area contributed by atoms with Crippen LogP contribution in [0, 0.1) is 0 Å². The summed E-state index contributed by atoms with van der Waals surface area (Å²) in [6.45, 7) is 0.0797. The first-order valence-electron chi connectivity index (χ1n) is 12.3. The van der Waals surface area contributed by atoms with Crippen LogP contribution in [-0.4, -0.2) is 39.3 Å². The SMILES string of the molecule is COc1cccc(C2(CNS(=O)(=O)NC(=O)O)CCC(NC(c3ccccc3)c3ccccc3)CC2)c1. The van der Waals surface area contributed by atoms with Crippen molar-refractivity contribution < 1.29 is 23.1 Å². The molecule has 0 unspecified atom stereocenters. The molecule has 0 saturated heterocycles. The molecule has 0 bridgehead atoms. The van der Waals surface area contributed by atoms with Crippen LogP contribution < -0.4 is 19.5 Å². The molecular weight excluding hydrogens is 490 g/mol. The lowest BCUT2D eigenvalue weighted by Crippen LogP contribution is -2.49. The number of carbonyl (C=O) groups is 1. The van der Waals surface area contributed by atoms with E-state index in [1.54, 1.807) is 11.8 Å². The van der Waals surface area contributed by atoms with Crippen LogP contribution in [0.2, 0.25) is 0 Å². The molecule has 1 saturated carbocycles. The summed E-state index contributed by atoms with van der Waals surface area (Å²) in [5.74, 6) is 0.692. The summed E-state index contributed by atoms with van der Waals surface area (Å²) in [5.41, 5.74) is 2.83. The van der Waals surface area contributed by atoms with Gasteiger partial charge in [0.2, 0.25) is 0 Å². The molecule has 0 spiro atoms. The van der Waals surface area contributed by atoms with E-state index >= 15 is 0 Å². The molecule has 4 rings (SSSR count). The number of benzene rings is 3. The molecule has 0 aliphatic heterocycles. The average molecular weight is 524 g/mol. The molecule has 1 fully saturated rings. The number of methoxy groups -OCH3 is 1. The molecule has 4 N–H and O–H groups in total. The first kappa shape index (κ1) is 26.7. The minimum atomic E-state index is -4.19. The molecule has 3 aromatic carbocycles. The van der Waals surface area contributed by atoms with Gasteiger partial charge in [-0.2, -0.15) is 13.1 Å². The topological polar surface area (TPSA) is 117 Å². The summed E-state index contributed by atoms with van der Waals surface area (Å²) in [6, 6.07) is 28.6. The Morgan fingerprint density at radius 3 is 2.11 bits per heavy atom. The fraction of sp³-hybridized carbons (Fsp3) is 0.321. The summed E-state index contributed by atoms with van der Waals surface area (Å²) in [5, 5.41) is 12.7. The number of nitrogens with one attached hydrogen (secondary N) is 3. The van der Waals surface area contributed by atoms with E-state index < -0.39 is 21.7 Å². The summed E-state index contributed by atoms with van der Waals surface area (Å²) >= 11 is 0. The Labute approximate surface area is 218 Å². The van der Waals surface area contributed by atoms with Gasteiger partial charge in [0.15, 0.2) is 0 Å². The maximum atomic E-state index is 12.3. The van der Waals surface area contributed by atoms with Gasteiger partial charge in [-0.05, 0) is 54.5 Å². The molecule has 9 heteroatoms. The molecule has 0 heterocycles. The first-order chi connectivity index (χ1) is 17.8. The molecule has 0 aromatic heterocycles. The first-order valence-corrected chi connectivity index (χ1v) is 13.8. The molecule has 1 amide bonds. The van der Waals surface area contributed by atoms with Crippen LogP contribution in [0.1, 0.15) is 48.4 Å². The molecule has 196 valence electrons. The Kier molecular flexibility index (Phi) is 8.48. The second kappa shape index (κ2) is 11.8. The van der Waals surface area contributed by atoms with Crippen molar-refractivity contribution >= 4 is 16.3 Å². The zero-order chi connectivity index (χ0) is 26.3. The zero-order valence-electron chi connectivity index (χ0n) is 20.8. The standard InChI is InChI=1S/C28H33N3O5S/c1-36-25-14-8-13-23(19-25)28(20-29-37(34,35)31-27(32)33)17-15-24(16-18-28)30-26(21-9-4-2-5-10-21)22-11-6-3-7-12-22/h2-14,19,24,26,29-31H,15-18,20H2,1H3,(H,32,33). The molecule has 1 aliphatic carbocycles. The van der Waals surface area contributed by atoms with Gasteiger partial charge in [0, 0.05) is 18.0 Å². The van der Waals surface area contributed by atoms with Crippen molar-refractivity contribution in [1.82, 2.24) is 14.8 Å². The monoisotopic (exact) mass is 523 g/mol. The molecule has 1 aliphatic rings. The van der Waals surface area contributed by atoms with Gasteiger partial charge < -0.3 is 15.2 Å². The summed E-state index contributed by atoms with van der Waals surface area (Å²) < 4.78 is 34.0. The molecule has 0 atom stereocenters. The van der Waals surface area contributed by atoms with Gasteiger partial charge in [-0.25, -0.2) is 9.52 Å². The van der Waals surface area contributed by atoms with Crippen LogP contribution in [0.15, 0.2) is 84.9 Å². The van der Waals surface area contributed by atoms with Crippen molar-refractivity contribution in [2.75, 3.05) is 13.7 Å². The van der Waals surface area contributed by atoms with Gasteiger partial charge in [-0.3, -0.25) is 0 Å². The highest BCUT2D eigenvalue weighted by molar-refractivity contribution is 7.88. The molecule has 3 aromatic rings. The van der Waals surface area contributed by atoms with Gasteiger partial charge in [0.05, 0.1) is 13.2 Å². The van der Waals surface area contributed by atoms with Crippen molar-refractivity contribution in [3.8, 4) is 5.75 Å². The van der Waals surface area contributed by atoms with E-state index in [-0.39, 0.29) is 18.6 Å². The van der Waals surface area contributed by atoms with Crippen LogP contribution in [0.5, 0.6) is 5.75 Å². The Morgan fingerprint density at radius 1 is 0.973 bits per heavy atom. The third kappa shape index (κ3) is 6.88. The number of amides is 1. The minimum Gasteiger partial charge on any atom is -0.497 e. The number of rotatable bonds is 10. The summed E-state index contributed by atoms with van der Waals surface area (Å²) in [7, 11) is -2.60. The fourth-order valence-electron chi connectivity index (χ4n) is 5.15. The lowest BCUT2D eigenvalue weighted by Gasteiger charge is -2.42. The highest BCUT2D eigenvalue weighted by Crippen LogP contribution is 2.41. The highest BCUT2D eigenvalue weighted by Gasteiger charge is 2.39. The normalized spacial score (nSPS) is 19.9. The van der Waals surface area contributed by atoms with Crippen LogP contribution >= 0.6 is 0 Å². The maximum absolute atomic E-state index is 12.3. The fourth-order valence-corrected chi connectivity index (χ4v) is 5.92. The molecule has 0 radical (unpaired) electrons. The lowest BCUT2D eigenvalue weighted by molar-refractivity contribution is 0.200. The van der Waals surface area contributed by atoms with Crippen molar-refractivity contribution in [2.45, 2.75) is 43.2 Å². The number of hydrogen-bond acceptors (Lipinski definition) is 5. The van der Waals surface area contributed by atoms with E-state index in [2.05, 4.69) is 34.3 Å². The third-order valence-electron chi connectivity index (χ3n) is 7.12. The van der Waals surface area contributed by atoms with Crippen LogP contribution in [0.3, 0.4) is 0 Å². The van der Waals surface area contributed by atoms with Gasteiger partial charge in [0.1, 0.15) is 5.75 Å². The van der Waals surface area contributed by atoms with Crippen molar-refractivity contribution in [2.24, 2.45) is 0 Å². The van der Waals surface area contributed by atoms with Crippen molar-refractivity contribution in [3.05, 3.63) is 102 Å². The van der Waals surface area contributed by atoms with E-state index in [0.29, 0.717) is 18.6 Å².